The van der Waals surface area contributed by atoms with Crippen molar-refractivity contribution in [2.24, 2.45) is 0 Å². The van der Waals surface area contributed by atoms with E-state index < -0.39 is 0 Å². The molecule has 0 atom stereocenters. The first kappa shape index (κ1) is 48.9. The minimum Gasteiger partial charge on any atom is -2.00 e. The van der Waals surface area contributed by atoms with Crippen LogP contribution in [0.4, 0.5) is 0 Å². The summed E-state index contributed by atoms with van der Waals surface area (Å²) in [6, 6.07) is 0. The first-order valence-electron chi connectivity index (χ1n) is 0. The summed E-state index contributed by atoms with van der Waals surface area (Å²) in [4.78, 5) is 0. The number of hydrogen-bond donors (Lipinski definition) is 0. The third-order valence-corrected chi connectivity index (χ3v) is 0. The van der Waals surface area contributed by atoms with E-state index in [4.69, 9.17) is 0 Å². The van der Waals surface area contributed by atoms with E-state index in [9.17, 15) is 0 Å². The summed E-state index contributed by atoms with van der Waals surface area (Å²) in [5.41, 5.74) is 0. The van der Waals surface area contributed by atoms with E-state index in [1.165, 1.54) is 0 Å². The van der Waals surface area contributed by atoms with E-state index in [-0.39, 0.29) is 56.7 Å². The Kier molecular flexibility index (Phi) is 296. The topological polar surface area (TPSA) is 28.5 Å². The molecule has 0 fully saturated rings. The average molecular weight is 158 g/mol. The van der Waals surface area contributed by atoms with Gasteiger partial charge in [-0.2, -0.15) is 0 Å². The van der Waals surface area contributed by atoms with Crippen molar-refractivity contribution in [2.75, 3.05) is 0 Å². The van der Waals surface area contributed by atoms with Crippen LogP contribution in [-0.4, -0.2) is 17.4 Å². The van der Waals surface area contributed by atoms with Crippen molar-refractivity contribution in [1.29, 1.82) is 0 Å². The van der Waals surface area contributed by atoms with Gasteiger partial charge in [-0.25, -0.2) is 0 Å². The second kappa shape index (κ2) is 24.3. The Bertz CT molecular complexity index is 8.00. The zero-order valence-electron chi connectivity index (χ0n) is 1.67. The fourth-order valence-electron chi connectivity index (χ4n) is 0. The normalized spacial score (nSPS) is 0. The maximum absolute atomic E-state index is 0. The van der Waals surface area contributed by atoms with Gasteiger partial charge in [-0.1, -0.05) is 0 Å². The van der Waals surface area contributed by atoms with Crippen LogP contribution in [0.15, 0.2) is 0 Å². The van der Waals surface area contributed by atoms with E-state index in [0.29, 0.717) is 0 Å². The van der Waals surface area contributed by atoms with Gasteiger partial charge >= 0.3 is 51.2 Å². The predicted molar refractivity (Wildman–Crippen MR) is 6.44 cm³/mol. The Hall–Kier alpha value is 1.52. The van der Waals surface area contributed by atoms with E-state index in [0.717, 1.165) is 0 Å². The minimum absolute atomic E-state index is 0. The van der Waals surface area contributed by atoms with Crippen molar-refractivity contribution in [3.8, 4) is 0 Å². The molecule has 1 nitrogen and oxygen atoms in total. The Morgan fingerprint density at radius 3 is 1.00 bits per heavy atom. The maximum atomic E-state index is 0. The molecule has 0 unspecified atom stereocenters. The summed E-state index contributed by atoms with van der Waals surface area (Å²) < 4.78 is 0. The van der Waals surface area contributed by atoms with Crippen LogP contribution >= 0.6 is 0 Å². The Balaban J connectivity index is 0. The predicted octanol–water partition coefficient (Wildman–Crippen LogP) is -0.505. The minimum atomic E-state index is 0. The molecule has 0 aromatic heterocycles. The van der Waals surface area contributed by atoms with E-state index in [2.05, 4.69) is 0 Å². The molecule has 21 valence electrons. The van der Waals surface area contributed by atoms with Crippen LogP contribution in [-0.2, 0) is 39.3 Å². The molecule has 0 aliphatic heterocycles. The van der Waals surface area contributed by atoms with Crippen LogP contribution < -0.4 is 0 Å². The van der Waals surface area contributed by atoms with Crippen LogP contribution in [0.3, 0.4) is 0 Å². The van der Waals surface area contributed by atoms with Crippen LogP contribution in [0.25, 0.3) is 0 Å². The molecule has 0 heterocycles. The Morgan fingerprint density at radius 1 is 1.00 bits per heavy atom. The van der Waals surface area contributed by atoms with Gasteiger partial charge in [-0.05, 0) is 0 Å². The van der Waals surface area contributed by atoms with Gasteiger partial charge in [-0.3, -0.25) is 0 Å². The van der Waals surface area contributed by atoms with Crippen molar-refractivity contribution in [3.05, 3.63) is 0 Å². The van der Waals surface area contributed by atoms with Gasteiger partial charge in [0.2, 0.25) is 0 Å². The molecule has 0 saturated carbocycles. The van der Waals surface area contributed by atoms with Crippen LogP contribution in [0.1, 0.15) is 0 Å². The molecular formula is AlCoFeO+5. The molecular weight excluding hydrogens is 158 g/mol. The van der Waals surface area contributed by atoms with Crippen LogP contribution in [0, 0.1) is 0 Å². The quantitative estimate of drug-likeness (QED) is 0.425. The monoisotopic (exact) mass is 158 g/mol. The summed E-state index contributed by atoms with van der Waals surface area (Å²) in [6.07, 6.45) is 0. The van der Waals surface area contributed by atoms with Gasteiger partial charge in [0.1, 0.15) is 0 Å². The van der Waals surface area contributed by atoms with Gasteiger partial charge in [0.15, 0.2) is 0 Å². The summed E-state index contributed by atoms with van der Waals surface area (Å²) >= 11 is 0. The number of hydrogen-bond acceptors (Lipinski definition) is 0. The SMILES string of the molecule is [Al+3].[Co+2].[Fe+2].[O-2]. The van der Waals surface area contributed by atoms with Crippen LogP contribution in [0.2, 0.25) is 0 Å². The zero-order valence-corrected chi connectivity index (χ0v) is 4.97. The van der Waals surface area contributed by atoms with Gasteiger partial charge < -0.3 is 5.48 Å². The molecule has 0 amide bonds. The number of rotatable bonds is 0. The molecule has 0 aliphatic carbocycles. The second-order valence-corrected chi connectivity index (χ2v) is 0. The van der Waals surface area contributed by atoms with Crippen molar-refractivity contribution in [2.45, 2.75) is 0 Å². The zero-order chi connectivity index (χ0) is 0. The van der Waals surface area contributed by atoms with Gasteiger partial charge in [0.05, 0.1) is 0 Å². The Labute approximate surface area is 56.6 Å². The van der Waals surface area contributed by atoms with Crippen molar-refractivity contribution < 1.29 is 39.3 Å². The molecule has 0 rings (SSSR count). The molecule has 0 aromatic carbocycles. The summed E-state index contributed by atoms with van der Waals surface area (Å²) in [5.74, 6) is 0. The average Bonchev–Trinajstić information content (AvgIpc) is 0. The molecule has 0 bridgehead atoms. The van der Waals surface area contributed by atoms with Gasteiger partial charge in [0.25, 0.3) is 0 Å². The molecule has 4 heavy (non-hydrogen) atoms. The van der Waals surface area contributed by atoms with Crippen molar-refractivity contribution >= 4 is 17.4 Å². The van der Waals surface area contributed by atoms with Crippen molar-refractivity contribution in [1.82, 2.24) is 0 Å². The fourth-order valence-corrected chi connectivity index (χ4v) is 0. The smallest absolute Gasteiger partial charge is 2.00 e. The summed E-state index contributed by atoms with van der Waals surface area (Å²) in [7, 11) is 0. The largest absolute Gasteiger partial charge is 3.00 e. The Morgan fingerprint density at radius 2 is 1.00 bits per heavy atom. The van der Waals surface area contributed by atoms with Gasteiger partial charge in [0, 0.05) is 0 Å². The summed E-state index contributed by atoms with van der Waals surface area (Å²) in [6.45, 7) is 0. The first-order chi connectivity index (χ1) is 0. The molecule has 0 aliphatic rings. The van der Waals surface area contributed by atoms with E-state index in [1.807, 2.05) is 0 Å². The molecule has 4 heteroatoms. The fraction of sp³-hybridized carbons (Fsp3) is 0. The van der Waals surface area contributed by atoms with E-state index in [1.54, 1.807) is 0 Å². The molecule has 0 saturated heterocycles. The van der Waals surface area contributed by atoms with Crippen molar-refractivity contribution in [3.63, 3.8) is 0 Å². The maximum Gasteiger partial charge on any atom is 3.00 e. The second-order valence-electron chi connectivity index (χ2n) is 0. The molecule has 0 spiro atoms. The first-order valence-corrected chi connectivity index (χ1v) is 0. The third kappa shape index (κ3) is 9.68. The third-order valence-electron chi connectivity index (χ3n) is 0. The molecule has 0 aromatic rings. The summed E-state index contributed by atoms with van der Waals surface area (Å²) in [5, 5.41) is 0. The van der Waals surface area contributed by atoms with Gasteiger partial charge in [-0.15, -0.1) is 0 Å². The molecule has 0 N–H and O–H groups in total. The van der Waals surface area contributed by atoms with Crippen LogP contribution in [0.5, 0.6) is 0 Å². The molecule has 1 radical (unpaired) electrons. The van der Waals surface area contributed by atoms with E-state index >= 15 is 0 Å². The standard InChI is InChI=1S/Al.Co.Fe.O/q+3;2*+2;-2.